The average molecular weight is 357 g/mol. The van der Waals surface area contributed by atoms with E-state index in [1.807, 2.05) is 36.4 Å². The molecule has 134 valence electrons. The lowest BCUT2D eigenvalue weighted by Gasteiger charge is -2.09. The van der Waals surface area contributed by atoms with Crippen molar-refractivity contribution < 1.29 is 4.74 Å². The minimum atomic E-state index is 0.590. The van der Waals surface area contributed by atoms with Gasteiger partial charge in [-0.2, -0.15) is 0 Å². The zero-order chi connectivity index (χ0) is 18.5. The van der Waals surface area contributed by atoms with E-state index in [2.05, 4.69) is 44.3 Å². The van der Waals surface area contributed by atoms with Crippen molar-refractivity contribution in [1.29, 1.82) is 0 Å². The standard InChI is InChI=1S/C21H19N5O/c1-15-2-6-17(7-3-15)27-18-8-4-16(5-9-18)10-11-23-20-19-21(26-14-25-20)24-13-12-22-19/h2-9,12-14H,10-11H2,1H3,(H,23,24,25,26). The third-order valence-corrected chi connectivity index (χ3v) is 4.16. The van der Waals surface area contributed by atoms with E-state index in [4.69, 9.17) is 4.74 Å². The largest absolute Gasteiger partial charge is 0.457 e. The Labute approximate surface area is 157 Å². The molecule has 2 heterocycles. The second-order valence-electron chi connectivity index (χ2n) is 6.19. The summed E-state index contributed by atoms with van der Waals surface area (Å²) in [5, 5.41) is 3.31. The minimum absolute atomic E-state index is 0.590. The number of anilines is 1. The van der Waals surface area contributed by atoms with Crippen LogP contribution in [0.1, 0.15) is 11.1 Å². The molecule has 0 radical (unpaired) electrons. The molecule has 0 aliphatic rings. The number of benzene rings is 2. The summed E-state index contributed by atoms with van der Waals surface area (Å²) in [6.07, 6.45) is 5.62. The number of hydrogen-bond donors (Lipinski definition) is 1. The van der Waals surface area contributed by atoms with Crippen molar-refractivity contribution in [2.24, 2.45) is 0 Å². The molecular formula is C21H19N5O. The van der Waals surface area contributed by atoms with Gasteiger partial charge in [0.2, 0.25) is 0 Å². The van der Waals surface area contributed by atoms with Gasteiger partial charge >= 0.3 is 0 Å². The molecule has 6 heteroatoms. The maximum absolute atomic E-state index is 5.86. The van der Waals surface area contributed by atoms with Crippen molar-refractivity contribution in [3.05, 3.63) is 78.4 Å². The lowest BCUT2D eigenvalue weighted by molar-refractivity contribution is 0.482. The average Bonchev–Trinajstić information content (AvgIpc) is 2.71. The fraction of sp³-hybridized carbons (Fsp3) is 0.143. The molecule has 0 atom stereocenters. The highest BCUT2D eigenvalue weighted by atomic mass is 16.5. The van der Waals surface area contributed by atoms with Gasteiger partial charge in [0, 0.05) is 18.9 Å². The van der Waals surface area contributed by atoms with Gasteiger partial charge in [-0.05, 0) is 43.2 Å². The number of fused-ring (bicyclic) bond motifs is 1. The van der Waals surface area contributed by atoms with Crippen molar-refractivity contribution in [3.63, 3.8) is 0 Å². The fourth-order valence-electron chi connectivity index (χ4n) is 2.72. The van der Waals surface area contributed by atoms with Crippen LogP contribution < -0.4 is 10.1 Å². The van der Waals surface area contributed by atoms with E-state index in [1.165, 1.54) is 17.5 Å². The van der Waals surface area contributed by atoms with Gasteiger partial charge in [-0.1, -0.05) is 29.8 Å². The van der Waals surface area contributed by atoms with Gasteiger partial charge in [0.25, 0.3) is 0 Å². The van der Waals surface area contributed by atoms with Crippen LogP contribution in [0.25, 0.3) is 11.2 Å². The Hall–Kier alpha value is -3.54. The van der Waals surface area contributed by atoms with E-state index in [-0.39, 0.29) is 0 Å². The van der Waals surface area contributed by atoms with Crippen LogP contribution in [0.5, 0.6) is 11.5 Å². The van der Waals surface area contributed by atoms with Crippen LogP contribution in [0.3, 0.4) is 0 Å². The van der Waals surface area contributed by atoms with Gasteiger partial charge in [-0.15, -0.1) is 0 Å². The summed E-state index contributed by atoms with van der Waals surface area (Å²) in [4.78, 5) is 16.9. The molecule has 1 N–H and O–H groups in total. The topological polar surface area (TPSA) is 72.8 Å². The zero-order valence-corrected chi connectivity index (χ0v) is 15.0. The predicted molar refractivity (Wildman–Crippen MR) is 105 cm³/mol. The van der Waals surface area contributed by atoms with E-state index in [0.29, 0.717) is 17.0 Å². The number of ether oxygens (including phenoxy) is 1. The van der Waals surface area contributed by atoms with E-state index in [0.717, 1.165) is 24.5 Å². The van der Waals surface area contributed by atoms with Crippen LogP contribution in [0.15, 0.2) is 67.3 Å². The molecule has 0 amide bonds. The van der Waals surface area contributed by atoms with E-state index in [1.54, 1.807) is 12.4 Å². The molecule has 0 aliphatic carbocycles. The monoisotopic (exact) mass is 357 g/mol. The van der Waals surface area contributed by atoms with Gasteiger partial charge in [0.05, 0.1) is 0 Å². The first-order chi connectivity index (χ1) is 13.3. The molecule has 0 aliphatic heterocycles. The van der Waals surface area contributed by atoms with Crippen LogP contribution in [0, 0.1) is 6.92 Å². The molecule has 27 heavy (non-hydrogen) atoms. The van der Waals surface area contributed by atoms with Crippen molar-refractivity contribution in [2.45, 2.75) is 13.3 Å². The molecule has 4 rings (SSSR count). The zero-order valence-electron chi connectivity index (χ0n) is 15.0. The Morgan fingerprint density at radius 2 is 1.52 bits per heavy atom. The molecule has 0 saturated heterocycles. The lowest BCUT2D eigenvalue weighted by Crippen LogP contribution is -2.07. The van der Waals surface area contributed by atoms with E-state index < -0.39 is 0 Å². The minimum Gasteiger partial charge on any atom is -0.457 e. The van der Waals surface area contributed by atoms with Crippen molar-refractivity contribution in [2.75, 3.05) is 11.9 Å². The van der Waals surface area contributed by atoms with Gasteiger partial charge in [0.15, 0.2) is 11.5 Å². The summed E-state index contributed by atoms with van der Waals surface area (Å²) in [7, 11) is 0. The Balaban J connectivity index is 1.35. The maximum Gasteiger partial charge on any atom is 0.183 e. The molecule has 0 spiro atoms. The Bertz CT molecular complexity index is 1030. The summed E-state index contributed by atoms with van der Waals surface area (Å²) in [5.41, 5.74) is 3.70. The molecule has 0 bridgehead atoms. The number of rotatable bonds is 6. The van der Waals surface area contributed by atoms with Crippen LogP contribution in [0.4, 0.5) is 5.82 Å². The first-order valence-electron chi connectivity index (χ1n) is 8.77. The van der Waals surface area contributed by atoms with Crippen molar-refractivity contribution in [1.82, 2.24) is 19.9 Å². The van der Waals surface area contributed by atoms with Crippen molar-refractivity contribution >= 4 is 17.0 Å². The Morgan fingerprint density at radius 1 is 0.815 bits per heavy atom. The molecule has 2 aromatic heterocycles. The van der Waals surface area contributed by atoms with Crippen LogP contribution in [0.2, 0.25) is 0 Å². The third kappa shape index (κ3) is 4.17. The number of nitrogens with zero attached hydrogens (tertiary/aromatic N) is 4. The molecule has 0 unspecified atom stereocenters. The number of nitrogens with one attached hydrogen (secondary N) is 1. The van der Waals surface area contributed by atoms with Gasteiger partial charge in [-0.25, -0.2) is 19.9 Å². The highest BCUT2D eigenvalue weighted by molar-refractivity contribution is 5.81. The molecule has 0 saturated carbocycles. The fourth-order valence-corrected chi connectivity index (χ4v) is 2.72. The molecule has 2 aromatic carbocycles. The lowest BCUT2D eigenvalue weighted by atomic mass is 10.1. The molecule has 4 aromatic rings. The maximum atomic E-state index is 5.86. The summed E-state index contributed by atoms with van der Waals surface area (Å²) in [5.74, 6) is 2.37. The second kappa shape index (κ2) is 7.78. The normalized spacial score (nSPS) is 10.7. The van der Waals surface area contributed by atoms with Crippen LogP contribution in [-0.4, -0.2) is 26.5 Å². The van der Waals surface area contributed by atoms with Gasteiger partial charge in [-0.3, -0.25) is 0 Å². The summed E-state index contributed by atoms with van der Waals surface area (Å²) < 4.78 is 5.86. The number of hydrogen-bond acceptors (Lipinski definition) is 6. The Morgan fingerprint density at radius 3 is 2.30 bits per heavy atom. The molecule has 6 nitrogen and oxygen atoms in total. The van der Waals surface area contributed by atoms with E-state index in [9.17, 15) is 0 Å². The number of aromatic nitrogens is 4. The number of aryl methyl sites for hydroxylation is 1. The van der Waals surface area contributed by atoms with Crippen LogP contribution >= 0.6 is 0 Å². The van der Waals surface area contributed by atoms with Crippen molar-refractivity contribution in [3.8, 4) is 11.5 Å². The highest BCUT2D eigenvalue weighted by Crippen LogP contribution is 2.22. The van der Waals surface area contributed by atoms with E-state index >= 15 is 0 Å². The second-order valence-corrected chi connectivity index (χ2v) is 6.19. The van der Waals surface area contributed by atoms with Crippen LogP contribution in [-0.2, 0) is 6.42 Å². The Kier molecular flexibility index (Phi) is 4.87. The SMILES string of the molecule is Cc1ccc(Oc2ccc(CCNc3ncnc4nccnc34)cc2)cc1. The molecular weight excluding hydrogens is 338 g/mol. The first-order valence-corrected chi connectivity index (χ1v) is 8.77. The van der Waals surface area contributed by atoms with Gasteiger partial charge in [0.1, 0.15) is 23.3 Å². The summed E-state index contributed by atoms with van der Waals surface area (Å²) in [6, 6.07) is 16.1. The summed E-state index contributed by atoms with van der Waals surface area (Å²) in [6.45, 7) is 2.80. The quantitative estimate of drug-likeness (QED) is 0.558. The molecule has 0 fully saturated rings. The predicted octanol–water partition coefficient (Wildman–Crippen LogP) is 4.18. The van der Waals surface area contributed by atoms with Gasteiger partial charge < -0.3 is 10.1 Å². The first kappa shape index (κ1) is 16.9. The smallest absolute Gasteiger partial charge is 0.183 e. The highest BCUT2D eigenvalue weighted by Gasteiger charge is 2.05. The third-order valence-electron chi connectivity index (χ3n) is 4.16. The summed E-state index contributed by atoms with van der Waals surface area (Å²) >= 11 is 0.